The number of nitrogens with zero attached hydrogens (tertiary/aromatic N) is 1. The minimum atomic E-state index is 0.126. The summed E-state index contributed by atoms with van der Waals surface area (Å²) < 4.78 is 0. The number of hydrogen-bond donors (Lipinski definition) is 1. The van der Waals surface area contributed by atoms with Gasteiger partial charge in [-0.3, -0.25) is 0 Å². The molecule has 2 fully saturated rings. The van der Waals surface area contributed by atoms with E-state index in [2.05, 4.69) is 19.2 Å². The van der Waals surface area contributed by atoms with Crippen LogP contribution in [0.3, 0.4) is 0 Å². The van der Waals surface area contributed by atoms with Crippen molar-refractivity contribution in [3.63, 3.8) is 0 Å². The second-order valence-electron chi connectivity index (χ2n) is 5.73. The molecule has 104 valence electrons. The fourth-order valence-electron chi connectivity index (χ4n) is 2.81. The molecule has 0 heterocycles. The van der Waals surface area contributed by atoms with Gasteiger partial charge in [0.25, 0.3) is 0 Å². The number of rotatable bonds is 5. The summed E-state index contributed by atoms with van der Waals surface area (Å²) in [5.74, 6) is 1.93. The van der Waals surface area contributed by atoms with Crippen molar-refractivity contribution < 1.29 is 4.79 Å². The van der Waals surface area contributed by atoms with Crippen molar-refractivity contribution in [2.75, 3.05) is 12.8 Å². The first kappa shape index (κ1) is 14.0. The van der Waals surface area contributed by atoms with Crippen LogP contribution in [0.4, 0.5) is 4.79 Å². The molecule has 0 radical (unpaired) electrons. The Hall–Kier alpha value is -0.380. The van der Waals surface area contributed by atoms with Gasteiger partial charge in [-0.05, 0) is 50.7 Å². The zero-order valence-corrected chi connectivity index (χ0v) is 12.6. The third kappa shape index (κ3) is 3.56. The molecule has 2 aliphatic rings. The first-order valence-electron chi connectivity index (χ1n) is 7.26. The van der Waals surface area contributed by atoms with Gasteiger partial charge in [0.05, 0.1) is 0 Å². The van der Waals surface area contributed by atoms with Crippen molar-refractivity contribution in [2.45, 2.75) is 63.3 Å². The van der Waals surface area contributed by atoms with E-state index in [1.54, 1.807) is 0 Å². The molecule has 2 amide bonds. The van der Waals surface area contributed by atoms with Crippen LogP contribution in [0.15, 0.2) is 0 Å². The van der Waals surface area contributed by atoms with Crippen LogP contribution in [-0.4, -0.2) is 41.1 Å². The minimum Gasteiger partial charge on any atom is -0.335 e. The summed E-state index contributed by atoms with van der Waals surface area (Å²) in [5.41, 5.74) is 0. The van der Waals surface area contributed by atoms with Crippen LogP contribution in [0.5, 0.6) is 0 Å². The summed E-state index contributed by atoms with van der Waals surface area (Å²) in [6.07, 6.45) is 6.13. The van der Waals surface area contributed by atoms with Crippen LogP contribution < -0.4 is 5.32 Å². The Balaban J connectivity index is 1.73. The van der Waals surface area contributed by atoms with E-state index in [9.17, 15) is 4.79 Å². The van der Waals surface area contributed by atoms with E-state index < -0.39 is 0 Å². The highest BCUT2D eigenvalue weighted by molar-refractivity contribution is 7.99. The van der Waals surface area contributed by atoms with E-state index in [0.29, 0.717) is 12.1 Å². The van der Waals surface area contributed by atoms with Crippen molar-refractivity contribution in [1.29, 1.82) is 0 Å². The topological polar surface area (TPSA) is 32.3 Å². The first-order chi connectivity index (χ1) is 8.61. The normalized spacial score (nSPS) is 29.1. The minimum absolute atomic E-state index is 0.126. The van der Waals surface area contributed by atoms with E-state index in [0.717, 1.165) is 24.0 Å². The maximum Gasteiger partial charge on any atom is 0.317 e. The molecule has 2 rings (SSSR count). The van der Waals surface area contributed by atoms with Crippen molar-refractivity contribution in [3.05, 3.63) is 0 Å². The van der Waals surface area contributed by atoms with Gasteiger partial charge in [-0.2, -0.15) is 11.8 Å². The molecular formula is C14H26N2OS. The van der Waals surface area contributed by atoms with E-state index >= 15 is 0 Å². The summed E-state index contributed by atoms with van der Waals surface area (Å²) in [5, 5.41) is 3.96. The maximum atomic E-state index is 12.1. The van der Waals surface area contributed by atoms with Crippen LogP contribution in [0, 0.1) is 5.92 Å². The van der Waals surface area contributed by atoms with Crippen LogP contribution in [0.2, 0.25) is 0 Å². The highest BCUT2D eigenvalue weighted by Crippen LogP contribution is 2.35. The van der Waals surface area contributed by atoms with Crippen molar-refractivity contribution in [3.8, 4) is 0 Å². The van der Waals surface area contributed by atoms with Crippen LogP contribution >= 0.6 is 11.8 Å². The van der Waals surface area contributed by atoms with E-state index in [4.69, 9.17) is 0 Å². The first-order valence-corrected chi connectivity index (χ1v) is 8.31. The van der Waals surface area contributed by atoms with Crippen LogP contribution in [0.25, 0.3) is 0 Å². The van der Waals surface area contributed by atoms with Gasteiger partial charge in [0.2, 0.25) is 0 Å². The second kappa shape index (κ2) is 6.18. The zero-order valence-electron chi connectivity index (χ0n) is 11.8. The second-order valence-corrected chi connectivity index (χ2v) is 7.30. The lowest BCUT2D eigenvalue weighted by atomic mass is 10.2. The average Bonchev–Trinajstić information content (AvgIpc) is 3.11. The van der Waals surface area contributed by atoms with Crippen molar-refractivity contribution in [1.82, 2.24) is 10.2 Å². The molecule has 0 aliphatic heterocycles. The van der Waals surface area contributed by atoms with Gasteiger partial charge in [0.15, 0.2) is 0 Å². The molecule has 1 N–H and O–H groups in total. The Morgan fingerprint density at radius 3 is 2.72 bits per heavy atom. The van der Waals surface area contributed by atoms with Gasteiger partial charge in [-0.1, -0.05) is 6.92 Å². The molecule has 2 aliphatic carbocycles. The SMILES string of the molecule is CCS[C@@H]1CC[C@H](NC(=O)N(C)[C@@H](C)C2CC2)C1. The number of nitrogens with one attached hydrogen (secondary N) is 1. The molecular weight excluding hydrogens is 244 g/mol. The molecule has 3 atom stereocenters. The summed E-state index contributed by atoms with van der Waals surface area (Å²) in [6.45, 7) is 4.38. The van der Waals surface area contributed by atoms with Crippen molar-refractivity contribution in [2.24, 2.45) is 5.92 Å². The Morgan fingerprint density at radius 2 is 2.11 bits per heavy atom. The Labute approximate surface area is 115 Å². The maximum absolute atomic E-state index is 12.1. The van der Waals surface area contributed by atoms with Gasteiger partial charge < -0.3 is 10.2 Å². The molecule has 0 unspecified atom stereocenters. The number of carbonyl (C=O) groups excluding carboxylic acids is 1. The number of amides is 2. The fourth-order valence-corrected chi connectivity index (χ4v) is 3.96. The Kier molecular flexibility index (Phi) is 4.82. The molecule has 0 aromatic heterocycles. The average molecular weight is 270 g/mol. The highest BCUT2D eigenvalue weighted by Gasteiger charge is 2.33. The largest absolute Gasteiger partial charge is 0.335 e. The summed E-state index contributed by atoms with van der Waals surface area (Å²) >= 11 is 2.03. The predicted molar refractivity (Wildman–Crippen MR) is 78.0 cm³/mol. The van der Waals surface area contributed by atoms with Gasteiger partial charge >= 0.3 is 6.03 Å². The van der Waals surface area contributed by atoms with E-state index in [-0.39, 0.29) is 6.03 Å². The fraction of sp³-hybridized carbons (Fsp3) is 0.929. The van der Waals surface area contributed by atoms with Gasteiger partial charge in [-0.15, -0.1) is 0 Å². The third-order valence-corrected chi connectivity index (χ3v) is 5.58. The van der Waals surface area contributed by atoms with Gasteiger partial charge in [0, 0.05) is 24.4 Å². The highest BCUT2D eigenvalue weighted by atomic mass is 32.2. The molecule has 0 spiro atoms. The van der Waals surface area contributed by atoms with Crippen molar-refractivity contribution >= 4 is 17.8 Å². The molecule has 0 bridgehead atoms. The molecule has 2 saturated carbocycles. The van der Waals surface area contributed by atoms with E-state index in [1.807, 2.05) is 23.7 Å². The Bertz CT molecular complexity index is 294. The Morgan fingerprint density at radius 1 is 1.39 bits per heavy atom. The molecule has 3 nitrogen and oxygen atoms in total. The van der Waals surface area contributed by atoms with Gasteiger partial charge in [-0.25, -0.2) is 4.79 Å². The molecule has 0 aromatic carbocycles. The zero-order chi connectivity index (χ0) is 13.1. The van der Waals surface area contributed by atoms with Gasteiger partial charge in [0.1, 0.15) is 0 Å². The lowest BCUT2D eigenvalue weighted by Gasteiger charge is -2.27. The smallest absolute Gasteiger partial charge is 0.317 e. The summed E-state index contributed by atoms with van der Waals surface area (Å²) in [7, 11) is 1.94. The predicted octanol–water partition coefficient (Wildman–Crippen LogP) is 3.10. The lowest BCUT2D eigenvalue weighted by molar-refractivity contribution is 0.184. The lowest BCUT2D eigenvalue weighted by Crippen LogP contribution is -2.46. The number of urea groups is 1. The van der Waals surface area contributed by atoms with Crippen LogP contribution in [0.1, 0.15) is 46.0 Å². The number of thioether (sulfide) groups is 1. The van der Waals surface area contributed by atoms with Crippen LogP contribution in [-0.2, 0) is 0 Å². The van der Waals surface area contributed by atoms with E-state index in [1.165, 1.54) is 25.0 Å². The number of hydrogen-bond acceptors (Lipinski definition) is 2. The summed E-state index contributed by atoms with van der Waals surface area (Å²) in [4.78, 5) is 14.0. The summed E-state index contributed by atoms with van der Waals surface area (Å²) in [6, 6.07) is 0.921. The quantitative estimate of drug-likeness (QED) is 0.832. The number of carbonyl (C=O) groups is 1. The standard InChI is InChI=1S/C14H26N2OS/c1-4-18-13-8-7-12(9-13)15-14(17)16(3)10(2)11-5-6-11/h10-13H,4-9H2,1-3H3,(H,15,17)/t10-,12-,13+/m0/s1. The molecule has 4 heteroatoms. The monoisotopic (exact) mass is 270 g/mol. The molecule has 18 heavy (non-hydrogen) atoms. The molecule has 0 saturated heterocycles. The third-order valence-electron chi connectivity index (χ3n) is 4.35. The molecule has 0 aromatic rings.